The maximum absolute atomic E-state index is 5.57. The zero-order valence-corrected chi connectivity index (χ0v) is 12.4. The number of nitrogens with two attached hydrogens (primary N) is 1. The molecule has 19 heavy (non-hydrogen) atoms. The molecule has 1 unspecified atom stereocenters. The lowest BCUT2D eigenvalue weighted by molar-refractivity contribution is 0.440. The molecule has 1 aliphatic rings. The van der Waals surface area contributed by atoms with E-state index in [4.69, 9.17) is 10.8 Å². The van der Waals surface area contributed by atoms with Crippen LogP contribution in [0.25, 0.3) is 0 Å². The van der Waals surface area contributed by atoms with Gasteiger partial charge in [-0.15, -0.1) is 11.3 Å². The van der Waals surface area contributed by atoms with E-state index in [1.807, 2.05) is 0 Å². The Balaban J connectivity index is 1.85. The summed E-state index contributed by atoms with van der Waals surface area (Å²) in [4.78, 5) is 6.08. The number of guanidine groups is 1. The van der Waals surface area contributed by atoms with Crippen molar-refractivity contribution in [3.63, 3.8) is 0 Å². The molecule has 2 rings (SSSR count). The van der Waals surface area contributed by atoms with Gasteiger partial charge in [-0.05, 0) is 31.2 Å². The summed E-state index contributed by atoms with van der Waals surface area (Å²) in [5.41, 5.74) is 2.70. The van der Waals surface area contributed by atoms with Crippen molar-refractivity contribution in [3.05, 3.63) is 22.4 Å². The number of thiophene rings is 1. The monoisotopic (exact) mass is 280 g/mol. The van der Waals surface area contributed by atoms with Crippen LogP contribution in [0.2, 0.25) is 0 Å². The van der Waals surface area contributed by atoms with Gasteiger partial charge in [-0.25, -0.2) is 10.8 Å². The van der Waals surface area contributed by atoms with Gasteiger partial charge in [0.05, 0.1) is 6.04 Å². The molecule has 1 fully saturated rings. The highest BCUT2D eigenvalue weighted by Gasteiger charge is 2.14. The highest BCUT2D eigenvalue weighted by Crippen LogP contribution is 2.20. The van der Waals surface area contributed by atoms with Crippen LogP contribution in [0.5, 0.6) is 0 Å². The number of rotatable bonds is 4. The summed E-state index contributed by atoms with van der Waals surface area (Å²) >= 11 is 1.79. The largest absolute Gasteiger partial charge is 0.353 e. The molecule has 5 heteroatoms. The lowest BCUT2D eigenvalue weighted by Gasteiger charge is -2.21. The van der Waals surface area contributed by atoms with Crippen LogP contribution in [-0.2, 0) is 6.42 Å². The summed E-state index contributed by atoms with van der Waals surface area (Å²) in [6, 6.07) is 5.01. The van der Waals surface area contributed by atoms with Crippen molar-refractivity contribution in [2.24, 2.45) is 10.8 Å². The first kappa shape index (κ1) is 14.3. The summed E-state index contributed by atoms with van der Waals surface area (Å²) < 4.78 is 0. The topological polar surface area (TPSA) is 62.4 Å². The number of hydrogen-bond donors (Lipinski definition) is 3. The number of aliphatic imine (C=N–C) groups is 1. The summed E-state index contributed by atoms with van der Waals surface area (Å²) in [5, 5.41) is 5.48. The van der Waals surface area contributed by atoms with Crippen molar-refractivity contribution >= 4 is 17.3 Å². The van der Waals surface area contributed by atoms with Crippen LogP contribution >= 0.6 is 11.3 Å². The van der Waals surface area contributed by atoms with Crippen molar-refractivity contribution < 1.29 is 0 Å². The fourth-order valence-corrected chi connectivity index (χ4v) is 3.36. The van der Waals surface area contributed by atoms with Gasteiger partial charge in [-0.3, -0.25) is 5.43 Å². The van der Waals surface area contributed by atoms with Crippen molar-refractivity contribution in [3.8, 4) is 0 Å². The predicted molar refractivity (Wildman–Crippen MR) is 82.3 cm³/mol. The van der Waals surface area contributed by atoms with Crippen LogP contribution in [0.3, 0.4) is 0 Å². The fourth-order valence-electron chi connectivity index (χ4n) is 2.52. The molecule has 4 N–H and O–H groups in total. The Bertz CT molecular complexity index is 382. The van der Waals surface area contributed by atoms with E-state index >= 15 is 0 Å². The predicted octanol–water partition coefficient (Wildman–Crippen LogP) is 2.42. The molecule has 0 spiro atoms. The first-order chi connectivity index (χ1) is 9.28. The average Bonchev–Trinajstić information content (AvgIpc) is 2.92. The molecule has 0 radical (unpaired) electrons. The summed E-state index contributed by atoms with van der Waals surface area (Å²) in [6.07, 6.45) is 7.30. The highest BCUT2D eigenvalue weighted by atomic mass is 32.1. The summed E-state index contributed by atoms with van der Waals surface area (Å²) in [7, 11) is 0. The van der Waals surface area contributed by atoms with Gasteiger partial charge < -0.3 is 5.32 Å². The van der Waals surface area contributed by atoms with E-state index in [9.17, 15) is 0 Å². The molecule has 1 aromatic rings. The quantitative estimate of drug-likeness (QED) is 0.343. The Kier molecular flexibility index (Phi) is 5.66. The van der Waals surface area contributed by atoms with E-state index in [0.29, 0.717) is 12.1 Å². The molecule has 0 aliphatic heterocycles. The molecule has 0 saturated heterocycles. The van der Waals surface area contributed by atoms with Crippen LogP contribution < -0.4 is 16.6 Å². The maximum atomic E-state index is 5.57. The molecule has 1 aliphatic carbocycles. The molecule has 4 nitrogen and oxygen atoms in total. The van der Waals surface area contributed by atoms with Crippen molar-refractivity contribution in [1.82, 2.24) is 10.7 Å². The number of hydrogen-bond acceptors (Lipinski definition) is 3. The first-order valence-electron chi connectivity index (χ1n) is 7.11. The van der Waals surface area contributed by atoms with Gasteiger partial charge >= 0.3 is 0 Å². The zero-order chi connectivity index (χ0) is 13.5. The van der Waals surface area contributed by atoms with Crippen molar-refractivity contribution in [2.45, 2.75) is 57.5 Å². The van der Waals surface area contributed by atoms with E-state index in [2.05, 4.69) is 35.2 Å². The van der Waals surface area contributed by atoms with E-state index < -0.39 is 0 Å². The van der Waals surface area contributed by atoms with E-state index in [1.54, 1.807) is 11.3 Å². The third-order valence-electron chi connectivity index (χ3n) is 3.49. The molecule has 0 bridgehead atoms. The zero-order valence-electron chi connectivity index (χ0n) is 11.6. The standard InChI is InChI=1S/C14H24N4S/c1-11(10-13-8-5-9-19-13)16-14(18-15)17-12-6-3-2-4-7-12/h5,8-9,11-12H,2-4,6-7,10,15H2,1H3,(H2,16,17,18). The molecular weight excluding hydrogens is 256 g/mol. The number of nitrogens with zero attached hydrogens (tertiary/aromatic N) is 1. The van der Waals surface area contributed by atoms with E-state index in [-0.39, 0.29) is 0 Å². The lowest BCUT2D eigenvalue weighted by Crippen LogP contribution is -2.46. The van der Waals surface area contributed by atoms with Crippen LogP contribution in [0, 0.1) is 0 Å². The van der Waals surface area contributed by atoms with E-state index in [1.165, 1.54) is 37.0 Å². The Morgan fingerprint density at radius 1 is 1.47 bits per heavy atom. The third kappa shape index (κ3) is 4.84. The van der Waals surface area contributed by atoms with Crippen LogP contribution in [0.15, 0.2) is 22.5 Å². The van der Waals surface area contributed by atoms with Crippen LogP contribution in [0.4, 0.5) is 0 Å². The SMILES string of the molecule is CC(Cc1cccs1)NC(=NC1CCCCC1)NN. The van der Waals surface area contributed by atoms with Crippen LogP contribution in [-0.4, -0.2) is 18.0 Å². The molecule has 1 heterocycles. The maximum Gasteiger partial charge on any atom is 0.206 e. The summed E-state index contributed by atoms with van der Waals surface area (Å²) in [6.45, 7) is 2.16. The number of hydrazine groups is 1. The Morgan fingerprint density at radius 3 is 2.89 bits per heavy atom. The van der Waals surface area contributed by atoms with Crippen molar-refractivity contribution in [1.29, 1.82) is 0 Å². The third-order valence-corrected chi connectivity index (χ3v) is 4.39. The molecule has 0 aromatic carbocycles. The minimum atomic E-state index is 0.331. The molecule has 106 valence electrons. The number of nitrogens with one attached hydrogen (secondary N) is 2. The Labute approximate surface area is 119 Å². The molecular formula is C14H24N4S. The van der Waals surface area contributed by atoms with Gasteiger partial charge in [0.15, 0.2) is 0 Å². The molecule has 1 aromatic heterocycles. The molecule has 0 amide bonds. The smallest absolute Gasteiger partial charge is 0.206 e. The van der Waals surface area contributed by atoms with E-state index in [0.717, 1.165) is 12.4 Å². The molecule has 1 atom stereocenters. The Morgan fingerprint density at radius 2 is 2.26 bits per heavy atom. The van der Waals surface area contributed by atoms with Gasteiger partial charge in [0.25, 0.3) is 0 Å². The molecule has 1 saturated carbocycles. The summed E-state index contributed by atoms with van der Waals surface area (Å²) in [5.74, 6) is 6.30. The van der Waals surface area contributed by atoms with Gasteiger partial charge in [-0.2, -0.15) is 0 Å². The second-order valence-corrected chi connectivity index (χ2v) is 6.27. The average molecular weight is 280 g/mol. The normalized spacial score (nSPS) is 19.2. The van der Waals surface area contributed by atoms with Gasteiger partial charge in [0.1, 0.15) is 0 Å². The van der Waals surface area contributed by atoms with Crippen molar-refractivity contribution in [2.75, 3.05) is 0 Å². The second-order valence-electron chi connectivity index (χ2n) is 5.24. The highest BCUT2D eigenvalue weighted by molar-refractivity contribution is 7.09. The minimum Gasteiger partial charge on any atom is -0.353 e. The lowest BCUT2D eigenvalue weighted by atomic mass is 9.96. The minimum absolute atomic E-state index is 0.331. The van der Waals surface area contributed by atoms with Gasteiger partial charge in [-0.1, -0.05) is 25.3 Å². The fraction of sp³-hybridized carbons (Fsp3) is 0.643. The van der Waals surface area contributed by atoms with Gasteiger partial charge in [0.2, 0.25) is 5.96 Å². The first-order valence-corrected chi connectivity index (χ1v) is 7.99. The van der Waals surface area contributed by atoms with Crippen LogP contribution in [0.1, 0.15) is 43.9 Å². The van der Waals surface area contributed by atoms with Gasteiger partial charge in [0, 0.05) is 17.3 Å². The Hall–Kier alpha value is -1.07. The second kappa shape index (κ2) is 7.50.